The van der Waals surface area contributed by atoms with E-state index in [0.717, 1.165) is 18.4 Å². The number of hydrogen-bond acceptors (Lipinski definition) is 5. The molecule has 2 heterocycles. The van der Waals surface area contributed by atoms with Crippen LogP contribution in [0, 0.1) is 16.0 Å². The fourth-order valence-electron chi connectivity index (χ4n) is 4.33. The molecule has 7 nitrogen and oxygen atoms in total. The molecule has 1 amide bonds. The average molecular weight is 465 g/mol. The van der Waals surface area contributed by atoms with Crippen molar-refractivity contribution >= 4 is 29.0 Å². The Kier molecular flexibility index (Phi) is 7.19. The maximum atomic E-state index is 13.3. The van der Waals surface area contributed by atoms with Gasteiger partial charge >= 0.3 is 5.69 Å². The molecule has 1 aromatic heterocycles. The van der Waals surface area contributed by atoms with Gasteiger partial charge in [-0.05, 0) is 54.5 Å². The number of nitrogens with one attached hydrogen (secondary N) is 1. The number of halogens is 1. The number of amides is 1. The fourth-order valence-corrected chi connectivity index (χ4v) is 4.46. The number of anilines is 1. The number of carbonyl (C=O) groups is 1. The summed E-state index contributed by atoms with van der Waals surface area (Å²) in [6.07, 6.45) is 3.81. The minimum absolute atomic E-state index is 0.0884. The first-order chi connectivity index (χ1) is 16.0. The van der Waals surface area contributed by atoms with Crippen molar-refractivity contribution in [2.24, 2.45) is 5.92 Å². The summed E-state index contributed by atoms with van der Waals surface area (Å²) in [5, 5.41) is 15.2. The molecular formula is C25H25ClN4O3. The highest BCUT2D eigenvalue weighted by atomic mass is 35.5. The zero-order valence-corrected chi connectivity index (χ0v) is 18.8. The molecule has 1 N–H and O–H groups in total. The van der Waals surface area contributed by atoms with Gasteiger partial charge in [0.25, 0.3) is 0 Å². The van der Waals surface area contributed by atoms with Crippen LogP contribution in [0.15, 0.2) is 72.9 Å². The van der Waals surface area contributed by atoms with E-state index in [1.165, 1.54) is 17.8 Å². The summed E-state index contributed by atoms with van der Waals surface area (Å²) in [5.74, 6) is 0.368. The van der Waals surface area contributed by atoms with E-state index >= 15 is 0 Å². The van der Waals surface area contributed by atoms with Crippen LogP contribution in [0.3, 0.4) is 0 Å². The third-order valence-corrected chi connectivity index (χ3v) is 6.25. The lowest BCUT2D eigenvalue weighted by Crippen LogP contribution is -2.52. The predicted molar refractivity (Wildman–Crippen MR) is 128 cm³/mol. The zero-order chi connectivity index (χ0) is 23.2. The highest BCUT2D eigenvalue weighted by Crippen LogP contribution is 2.34. The topological polar surface area (TPSA) is 88.4 Å². The van der Waals surface area contributed by atoms with Crippen LogP contribution < -0.4 is 10.2 Å². The van der Waals surface area contributed by atoms with Crippen LogP contribution in [0.5, 0.6) is 0 Å². The molecule has 8 heteroatoms. The first-order valence-corrected chi connectivity index (χ1v) is 11.3. The van der Waals surface area contributed by atoms with E-state index in [2.05, 4.69) is 22.4 Å². The van der Waals surface area contributed by atoms with Crippen LogP contribution in [0.25, 0.3) is 0 Å². The van der Waals surface area contributed by atoms with Crippen molar-refractivity contribution < 1.29 is 9.72 Å². The Bertz CT molecular complexity index is 1110. The van der Waals surface area contributed by atoms with Crippen LogP contribution in [0.1, 0.15) is 24.0 Å². The van der Waals surface area contributed by atoms with Gasteiger partial charge < -0.3 is 10.2 Å². The van der Waals surface area contributed by atoms with Gasteiger partial charge in [0.05, 0.1) is 4.92 Å². The molecule has 2 unspecified atom stereocenters. The molecule has 1 aliphatic rings. The van der Waals surface area contributed by atoms with E-state index in [0.29, 0.717) is 24.5 Å². The van der Waals surface area contributed by atoms with Gasteiger partial charge in [0.1, 0.15) is 6.04 Å². The van der Waals surface area contributed by atoms with E-state index in [9.17, 15) is 14.9 Å². The summed E-state index contributed by atoms with van der Waals surface area (Å²) in [5.41, 5.74) is 2.06. The van der Waals surface area contributed by atoms with Gasteiger partial charge in [0.2, 0.25) is 11.7 Å². The molecule has 0 radical (unpaired) electrons. The summed E-state index contributed by atoms with van der Waals surface area (Å²) in [7, 11) is 0. The first-order valence-electron chi connectivity index (χ1n) is 10.9. The molecule has 1 aliphatic heterocycles. The first kappa shape index (κ1) is 22.7. The van der Waals surface area contributed by atoms with Crippen LogP contribution in [-0.4, -0.2) is 28.4 Å². The molecule has 170 valence electrons. The van der Waals surface area contributed by atoms with Crippen LogP contribution >= 0.6 is 11.6 Å². The third kappa shape index (κ3) is 5.68. The number of hydrogen-bond donors (Lipinski definition) is 1. The summed E-state index contributed by atoms with van der Waals surface area (Å²) in [6, 6.07) is 19.9. The van der Waals surface area contributed by atoms with E-state index in [-0.39, 0.29) is 23.3 Å². The van der Waals surface area contributed by atoms with Gasteiger partial charge in [-0.1, -0.05) is 54.1 Å². The summed E-state index contributed by atoms with van der Waals surface area (Å²) in [4.78, 5) is 30.6. The third-order valence-electron chi connectivity index (χ3n) is 6.00. The van der Waals surface area contributed by atoms with Crippen LogP contribution in [0.4, 0.5) is 11.5 Å². The van der Waals surface area contributed by atoms with Gasteiger partial charge in [-0.25, -0.2) is 4.98 Å². The Balaban J connectivity index is 1.55. The molecule has 0 bridgehead atoms. The quantitative estimate of drug-likeness (QED) is 0.401. The Morgan fingerprint density at radius 2 is 1.85 bits per heavy atom. The van der Waals surface area contributed by atoms with E-state index in [1.54, 1.807) is 23.1 Å². The second-order valence-corrected chi connectivity index (χ2v) is 8.67. The van der Waals surface area contributed by atoms with Crippen molar-refractivity contribution in [1.29, 1.82) is 0 Å². The number of piperidine rings is 1. The zero-order valence-electron chi connectivity index (χ0n) is 18.1. The van der Waals surface area contributed by atoms with Crippen molar-refractivity contribution in [3.63, 3.8) is 0 Å². The SMILES string of the molecule is O=C(NCc1ccc(Cl)cc1)C1CC(Cc2ccccc2)CCN1c1ncccc1[N+](=O)[O-]. The number of aromatic nitrogens is 1. The van der Waals surface area contributed by atoms with Crippen molar-refractivity contribution in [1.82, 2.24) is 10.3 Å². The smallest absolute Gasteiger partial charge is 0.311 e. The lowest BCUT2D eigenvalue weighted by Gasteiger charge is -2.39. The predicted octanol–water partition coefficient (Wildman–Crippen LogP) is 4.79. The average Bonchev–Trinajstić information content (AvgIpc) is 2.84. The van der Waals surface area contributed by atoms with E-state index in [1.807, 2.05) is 30.3 Å². The number of rotatable bonds is 7. The molecule has 33 heavy (non-hydrogen) atoms. The highest BCUT2D eigenvalue weighted by molar-refractivity contribution is 6.30. The van der Waals surface area contributed by atoms with Crippen LogP contribution in [-0.2, 0) is 17.8 Å². The maximum Gasteiger partial charge on any atom is 0.311 e. The number of nitro groups is 1. The summed E-state index contributed by atoms with van der Waals surface area (Å²) < 4.78 is 0. The van der Waals surface area contributed by atoms with E-state index < -0.39 is 11.0 Å². The number of pyridine rings is 1. The van der Waals surface area contributed by atoms with Gasteiger partial charge in [-0.2, -0.15) is 0 Å². The van der Waals surface area contributed by atoms with Crippen molar-refractivity contribution in [2.45, 2.75) is 31.8 Å². The Hall–Kier alpha value is -3.45. The monoisotopic (exact) mass is 464 g/mol. The Labute approximate surface area is 197 Å². The molecule has 1 fully saturated rings. The minimum Gasteiger partial charge on any atom is -0.350 e. The van der Waals surface area contributed by atoms with Crippen molar-refractivity contribution in [3.8, 4) is 0 Å². The summed E-state index contributed by atoms with van der Waals surface area (Å²) in [6.45, 7) is 0.877. The molecule has 0 aliphatic carbocycles. The van der Waals surface area contributed by atoms with Gasteiger partial charge in [0, 0.05) is 30.4 Å². The van der Waals surface area contributed by atoms with Gasteiger partial charge in [-0.15, -0.1) is 0 Å². The molecular weight excluding hydrogens is 440 g/mol. The van der Waals surface area contributed by atoms with Gasteiger partial charge in [0.15, 0.2) is 0 Å². The maximum absolute atomic E-state index is 13.3. The Morgan fingerprint density at radius 3 is 2.58 bits per heavy atom. The lowest BCUT2D eigenvalue weighted by molar-refractivity contribution is -0.384. The standard InChI is InChI=1S/C25H25ClN4O3/c26-21-10-8-19(9-11-21)17-28-25(31)23-16-20(15-18-5-2-1-3-6-18)12-14-29(23)24-22(30(32)33)7-4-13-27-24/h1-11,13,20,23H,12,14-17H2,(H,28,31). The molecule has 3 aromatic rings. The number of benzene rings is 2. The lowest BCUT2D eigenvalue weighted by atomic mass is 9.85. The molecule has 2 aromatic carbocycles. The van der Waals surface area contributed by atoms with Crippen molar-refractivity contribution in [3.05, 3.63) is 99.2 Å². The number of carbonyl (C=O) groups excluding carboxylic acids is 1. The van der Waals surface area contributed by atoms with Crippen LogP contribution in [0.2, 0.25) is 5.02 Å². The van der Waals surface area contributed by atoms with Crippen molar-refractivity contribution in [2.75, 3.05) is 11.4 Å². The molecule has 1 saturated heterocycles. The van der Waals surface area contributed by atoms with Gasteiger partial charge in [-0.3, -0.25) is 14.9 Å². The Morgan fingerprint density at radius 1 is 1.09 bits per heavy atom. The normalized spacial score (nSPS) is 18.0. The second-order valence-electron chi connectivity index (χ2n) is 8.24. The summed E-state index contributed by atoms with van der Waals surface area (Å²) >= 11 is 5.95. The number of nitrogens with zero attached hydrogens (tertiary/aromatic N) is 3. The largest absolute Gasteiger partial charge is 0.350 e. The second kappa shape index (κ2) is 10.4. The van der Waals surface area contributed by atoms with E-state index in [4.69, 9.17) is 11.6 Å². The molecule has 2 atom stereocenters. The molecule has 4 rings (SSSR count). The molecule has 0 saturated carbocycles. The minimum atomic E-state index is -0.548. The molecule has 0 spiro atoms. The highest BCUT2D eigenvalue weighted by Gasteiger charge is 2.37. The fraction of sp³-hybridized carbons (Fsp3) is 0.280.